The Morgan fingerprint density at radius 2 is 2.29 bits per heavy atom. The van der Waals surface area contributed by atoms with Crippen LogP contribution in [-0.2, 0) is 6.54 Å². The summed E-state index contributed by atoms with van der Waals surface area (Å²) in [7, 11) is 0. The molecule has 0 radical (unpaired) electrons. The molecule has 2 atom stereocenters. The highest BCUT2D eigenvalue weighted by atomic mass is 19.1. The minimum atomic E-state index is -0.829. The van der Waals surface area contributed by atoms with E-state index in [-0.39, 0.29) is 6.04 Å². The number of aryl methyl sites for hydroxylation is 1. The van der Waals surface area contributed by atoms with Crippen LogP contribution >= 0.6 is 0 Å². The van der Waals surface area contributed by atoms with Gasteiger partial charge in [-0.3, -0.25) is 4.90 Å². The summed E-state index contributed by atoms with van der Waals surface area (Å²) in [5.74, 6) is 1.96. The Hall–Kier alpha value is -2.22. The third kappa shape index (κ3) is 4.19. The maximum Gasteiger partial charge on any atom is 0.218 e. The van der Waals surface area contributed by atoms with Crippen LogP contribution in [0.5, 0.6) is 5.88 Å². The third-order valence-electron chi connectivity index (χ3n) is 3.97. The van der Waals surface area contributed by atoms with Crippen LogP contribution in [0, 0.1) is 6.92 Å². The molecule has 1 saturated heterocycles. The molecule has 0 amide bonds. The van der Waals surface area contributed by atoms with E-state index in [1.165, 1.54) is 6.33 Å². The van der Waals surface area contributed by atoms with Crippen molar-refractivity contribution in [3.63, 3.8) is 0 Å². The second-order valence-corrected chi connectivity index (χ2v) is 5.91. The number of alkyl halides is 1. The lowest BCUT2D eigenvalue weighted by Gasteiger charge is -2.23. The Morgan fingerprint density at radius 3 is 3.04 bits per heavy atom. The van der Waals surface area contributed by atoms with E-state index in [9.17, 15) is 4.39 Å². The molecule has 0 aliphatic carbocycles. The van der Waals surface area contributed by atoms with Gasteiger partial charge < -0.3 is 14.6 Å². The second kappa shape index (κ2) is 7.57. The molecule has 2 aromatic rings. The van der Waals surface area contributed by atoms with Crippen LogP contribution in [0.2, 0.25) is 0 Å². The van der Waals surface area contributed by atoms with Crippen molar-refractivity contribution in [2.45, 2.75) is 39.0 Å². The number of hydrogen-bond donors (Lipinski definition) is 1. The van der Waals surface area contributed by atoms with Crippen LogP contribution in [0.3, 0.4) is 0 Å². The van der Waals surface area contributed by atoms with Crippen molar-refractivity contribution in [2.24, 2.45) is 0 Å². The zero-order valence-corrected chi connectivity index (χ0v) is 13.9. The van der Waals surface area contributed by atoms with Gasteiger partial charge >= 0.3 is 0 Å². The Labute approximate surface area is 140 Å². The standard InChI is InChI=1S/C16H22FN5O2/c1-3-23-16-6-15(19-10-20-16)18-7-13-5-12(17)8-22(13)9-14-4-11(2)21-24-14/h4,6,10,12-13H,3,5,7-9H2,1-2H3,(H,18,19,20)/t12-,13-/m0/s1. The monoisotopic (exact) mass is 335 g/mol. The van der Waals surface area contributed by atoms with Crippen molar-refractivity contribution in [3.8, 4) is 5.88 Å². The highest BCUT2D eigenvalue weighted by Crippen LogP contribution is 2.23. The van der Waals surface area contributed by atoms with E-state index in [2.05, 4.69) is 25.3 Å². The molecule has 130 valence electrons. The summed E-state index contributed by atoms with van der Waals surface area (Å²) in [6.07, 6.45) is 1.11. The maximum absolute atomic E-state index is 13.9. The molecule has 0 saturated carbocycles. The van der Waals surface area contributed by atoms with Gasteiger partial charge in [-0.1, -0.05) is 5.16 Å². The molecule has 0 aromatic carbocycles. The summed E-state index contributed by atoms with van der Waals surface area (Å²) >= 11 is 0. The van der Waals surface area contributed by atoms with Crippen molar-refractivity contribution in [2.75, 3.05) is 25.0 Å². The van der Waals surface area contributed by atoms with E-state index in [1.807, 2.05) is 19.9 Å². The highest BCUT2D eigenvalue weighted by Gasteiger charge is 2.32. The summed E-state index contributed by atoms with van der Waals surface area (Å²) in [6.45, 7) is 5.88. The largest absolute Gasteiger partial charge is 0.478 e. The van der Waals surface area contributed by atoms with Crippen LogP contribution in [-0.4, -0.2) is 51.9 Å². The predicted octanol–water partition coefficient (Wildman–Crippen LogP) is 2.20. The molecule has 1 N–H and O–H groups in total. The van der Waals surface area contributed by atoms with Crippen molar-refractivity contribution in [1.29, 1.82) is 0 Å². The minimum absolute atomic E-state index is 0.0657. The van der Waals surface area contributed by atoms with E-state index >= 15 is 0 Å². The van der Waals surface area contributed by atoms with Gasteiger partial charge in [0.1, 0.15) is 18.3 Å². The summed E-state index contributed by atoms with van der Waals surface area (Å²) in [5.41, 5.74) is 0.833. The lowest BCUT2D eigenvalue weighted by Crippen LogP contribution is -2.34. The zero-order chi connectivity index (χ0) is 16.9. The number of hydrogen-bond acceptors (Lipinski definition) is 7. The first-order chi connectivity index (χ1) is 11.6. The van der Waals surface area contributed by atoms with Crippen LogP contribution in [0.1, 0.15) is 24.8 Å². The molecular weight excluding hydrogens is 313 g/mol. The molecule has 7 nitrogen and oxygen atoms in total. The van der Waals surface area contributed by atoms with Gasteiger partial charge in [-0.15, -0.1) is 0 Å². The van der Waals surface area contributed by atoms with Gasteiger partial charge in [-0.2, -0.15) is 0 Å². The number of nitrogens with zero attached hydrogens (tertiary/aromatic N) is 4. The Balaban J connectivity index is 1.59. The number of ether oxygens (including phenoxy) is 1. The summed E-state index contributed by atoms with van der Waals surface area (Å²) in [5, 5.41) is 7.12. The van der Waals surface area contributed by atoms with E-state index < -0.39 is 6.17 Å². The molecule has 0 spiro atoms. The molecule has 3 rings (SSSR count). The Bertz CT molecular complexity index is 665. The predicted molar refractivity (Wildman–Crippen MR) is 86.6 cm³/mol. The molecule has 24 heavy (non-hydrogen) atoms. The number of likely N-dealkylation sites (tertiary alicyclic amines) is 1. The molecule has 2 aromatic heterocycles. The van der Waals surface area contributed by atoms with E-state index in [0.29, 0.717) is 44.4 Å². The smallest absolute Gasteiger partial charge is 0.218 e. The molecule has 1 aliphatic rings. The van der Waals surface area contributed by atoms with Gasteiger partial charge in [-0.25, -0.2) is 14.4 Å². The lowest BCUT2D eigenvalue weighted by atomic mass is 10.2. The van der Waals surface area contributed by atoms with Gasteiger partial charge in [0.2, 0.25) is 5.88 Å². The number of rotatable bonds is 7. The first-order valence-electron chi connectivity index (χ1n) is 8.13. The second-order valence-electron chi connectivity index (χ2n) is 5.91. The van der Waals surface area contributed by atoms with Crippen LogP contribution in [0.25, 0.3) is 0 Å². The van der Waals surface area contributed by atoms with Crippen molar-refractivity contribution >= 4 is 5.82 Å². The topological polar surface area (TPSA) is 76.3 Å². The Morgan fingerprint density at radius 1 is 1.42 bits per heavy atom. The molecular formula is C16H22FN5O2. The first-order valence-corrected chi connectivity index (χ1v) is 8.13. The molecule has 0 bridgehead atoms. The van der Waals surface area contributed by atoms with Crippen molar-refractivity contribution < 1.29 is 13.7 Å². The summed E-state index contributed by atoms with van der Waals surface area (Å²) < 4.78 is 24.5. The van der Waals surface area contributed by atoms with Crippen LogP contribution in [0.4, 0.5) is 10.2 Å². The fourth-order valence-electron chi connectivity index (χ4n) is 2.90. The first kappa shape index (κ1) is 16.6. The Kier molecular flexibility index (Phi) is 5.24. The number of nitrogens with one attached hydrogen (secondary N) is 1. The van der Waals surface area contributed by atoms with E-state index in [4.69, 9.17) is 9.26 Å². The van der Waals surface area contributed by atoms with Gasteiger partial charge in [0, 0.05) is 31.3 Å². The quantitative estimate of drug-likeness (QED) is 0.831. The summed E-state index contributed by atoms with van der Waals surface area (Å²) in [4.78, 5) is 10.3. The maximum atomic E-state index is 13.9. The number of aromatic nitrogens is 3. The van der Waals surface area contributed by atoms with Crippen LogP contribution in [0.15, 0.2) is 23.0 Å². The molecule has 1 fully saturated rings. The zero-order valence-electron chi connectivity index (χ0n) is 13.9. The normalized spacial score (nSPS) is 21.1. The third-order valence-corrected chi connectivity index (χ3v) is 3.97. The fraction of sp³-hybridized carbons (Fsp3) is 0.562. The van der Waals surface area contributed by atoms with Crippen molar-refractivity contribution in [1.82, 2.24) is 20.0 Å². The SMILES string of the molecule is CCOc1cc(NC[C@@H]2C[C@H](F)CN2Cc2cc(C)no2)ncn1. The minimum Gasteiger partial charge on any atom is -0.478 e. The fourth-order valence-corrected chi connectivity index (χ4v) is 2.90. The number of anilines is 1. The summed E-state index contributed by atoms with van der Waals surface area (Å²) in [6, 6.07) is 3.69. The van der Waals surface area contributed by atoms with Gasteiger partial charge in [0.05, 0.1) is 18.8 Å². The highest BCUT2D eigenvalue weighted by molar-refractivity contribution is 5.37. The van der Waals surface area contributed by atoms with Crippen LogP contribution < -0.4 is 10.1 Å². The molecule has 8 heteroatoms. The lowest BCUT2D eigenvalue weighted by molar-refractivity contribution is 0.212. The average molecular weight is 335 g/mol. The van der Waals surface area contributed by atoms with Gasteiger partial charge in [0.25, 0.3) is 0 Å². The molecule has 1 aliphatic heterocycles. The van der Waals surface area contributed by atoms with Gasteiger partial charge in [-0.05, 0) is 20.3 Å². The van der Waals surface area contributed by atoms with E-state index in [0.717, 1.165) is 11.5 Å². The molecule has 3 heterocycles. The number of halogens is 1. The van der Waals surface area contributed by atoms with Crippen molar-refractivity contribution in [3.05, 3.63) is 29.9 Å². The van der Waals surface area contributed by atoms with Gasteiger partial charge in [0.15, 0.2) is 5.76 Å². The molecule has 0 unspecified atom stereocenters. The van der Waals surface area contributed by atoms with E-state index in [1.54, 1.807) is 6.07 Å². The average Bonchev–Trinajstić information content (AvgIpc) is 3.12.